The molecular formula is C21H18N2O3. The molecule has 0 bridgehead atoms. The van der Waals surface area contributed by atoms with Gasteiger partial charge in [0, 0.05) is 29.7 Å². The molecule has 0 aliphatic rings. The van der Waals surface area contributed by atoms with Crippen molar-refractivity contribution < 1.29 is 9.21 Å². The van der Waals surface area contributed by atoms with Gasteiger partial charge >= 0.3 is 0 Å². The number of amides is 1. The van der Waals surface area contributed by atoms with Crippen molar-refractivity contribution in [2.75, 3.05) is 6.54 Å². The van der Waals surface area contributed by atoms with E-state index in [1.165, 1.54) is 6.07 Å². The van der Waals surface area contributed by atoms with Crippen molar-refractivity contribution in [2.45, 2.75) is 13.3 Å². The Morgan fingerprint density at radius 3 is 2.85 bits per heavy atom. The number of para-hydroxylation sites is 1. The summed E-state index contributed by atoms with van der Waals surface area (Å²) >= 11 is 0. The Balaban J connectivity index is 1.49. The second-order valence-corrected chi connectivity index (χ2v) is 6.34. The van der Waals surface area contributed by atoms with E-state index in [2.05, 4.69) is 10.3 Å². The van der Waals surface area contributed by atoms with E-state index in [9.17, 15) is 9.59 Å². The normalized spacial score (nSPS) is 11.1. The summed E-state index contributed by atoms with van der Waals surface area (Å²) in [6.45, 7) is 2.36. The van der Waals surface area contributed by atoms with Gasteiger partial charge in [0.05, 0.1) is 5.39 Å². The Morgan fingerprint density at radius 2 is 1.96 bits per heavy atom. The molecule has 2 aromatic carbocycles. The minimum atomic E-state index is -0.385. The first-order valence-electron chi connectivity index (χ1n) is 8.49. The summed E-state index contributed by atoms with van der Waals surface area (Å²) in [6, 6.07) is 14.6. The monoisotopic (exact) mass is 346 g/mol. The molecule has 1 amide bonds. The van der Waals surface area contributed by atoms with E-state index < -0.39 is 0 Å². The van der Waals surface area contributed by atoms with E-state index in [0.717, 1.165) is 22.0 Å². The second-order valence-electron chi connectivity index (χ2n) is 6.34. The van der Waals surface area contributed by atoms with E-state index in [1.807, 2.05) is 43.5 Å². The van der Waals surface area contributed by atoms with E-state index in [-0.39, 0.29) is 17.1 Å². The largest absolute Gasteiger partial charge is 0.451 e. The maximum Gasteiger partial charge on any atom is 0.287 e. The van der Waals surface area contributed by atoms with Gasteiger partial charge in [-0.25, -0.2) is 0 Å². The fourth-order valence-corrected chi connectivity index (χ4v) is 3.12. The maximum atomic E-state index is 12.3. The Kier molecular flexibility index (Phi) is 4.05. The van der Waals surface area contributed by atoms with Crippen LogP contribution < -0.4 is 10.7 Å². The molecule has 26 heavy (non-hydrogen) atoms. The van der Waals surface area contributed by atoms with Gasteiger partial charge in [0.2, 0.25) is 0 Å². The number of aromatic amines is 1. The highest BCUT2D eigenvalue weighted by molar-refractivity contribution is 5.93. The van der Waals surface area contributed by atoms with Crippen LogP contribution in [0.4, 0.5) is 0 Å². The number of carbonyl (C=O) groups is 1. The topological polar surface area (TPSA) is 75.1 Å². The standard InChI is InChI=1S/C21H18N2O3/c1-13-6-7-19-16(10-13)18(24)11-20(26-19)21(25)22-9-8-14-12-23-17-5-3-2-4-15(14)17/h2-7,10-12,23H,8-9H2,1H3,(H,22,25). The van der Waals surface area contributed by atoms with Gasteiger partial charge in [-0.15, -0.1) is 0 Å². The van der Waals surface area contributed by atoms with Crippen molar-refractivity contribution in [3.8, 4) is 0 Å². The average Bonchev–Trinajstić information content (AvgIpc) is 3.05. The quantitative estimate of drug-likeness (QED) is 0.593. The van der Waals surface area contributed by atoms with E-state index in [4.69, 9.17) is 4.42 Å². The smallest absolute Gasteiger partial charge is 0.287 e. The fraction of sp³-hybridized carbons (Fsp3) is 0.143. The molecule has 0 fully saturated rings. The molecule has 0 unspecified atom stereocenters. The van der Waals surface area contributed by atoms with Crippen LogP contribution in [0, 0.1) is 6.92 Å². The van der Waals surface area contributed by atoms with Crippen molar-refractivity contribution in [1.29, 1.82) is 0 Å². The van der Waals surface area contributed by atoms with Gasteiger partial charge in [0.1, 0.15) is 5.58 Å². The summed E-state index contributed by atoms with van der Waals surface area (Å²) in [5.74, 6) is -0.352. The summed E-state index contributed by atoms with van der Waals surface area (Å²) in [4.78, 5) is 27.8. The van der Waals surface area contributed by atoms with Crippen molar-refractivity contribution in [3.05, 3.63) is 81.8 Å². The van der Waals surface area contributed by atoms with Crippen molar-refractivity contribution in [3.63, 3.8) is 0 Å². The first-order chi connectivity index (χ1) is 12.6. The first-order valence-corrected chi connectivity index (χ1v) is 8.49. The highest BCUT2D eigenvalue weighted by Crippen LogP contribution is 2.18. The number of H-pyrrole nitrogens is 1. The third-order valence-corrected chi connectivity index (χ3v) is 4.46. The fourth-order valence-electron chi connectivity index (χ4n) is 3.12. The molecule has 5 nitrogen and oxygen atoms in total. The highest BCUT2D eigenvalue weighted by atomic mass is 16.3. The van der Waals surface area contributed by atoms with Gasteiger partial charge in [0.15, 0.2) is 11.2 Å². The van der Waals surface area contributed by atoms with Gasteiger partial charge in [-0.1, -0.05) is 29.8 Å². The van der Waals surface area contributed by atoms with Crippen LogP contribution in [0.1, 0.15) is 21.7 Å². The molecule has 5 heteroatoms. The summed E-state index contributed by atoms with van der Waals surface area (Å²) in [5.41, 5.74) is 3.39. The Hall–Kier alpha value is -3.34. The third-order valence-electron chi connectivity index (χ3n) is 4.46. The van der Waals surface area contributed by atoms with E-state index in [0.29, 0.717) is 23.9 Å². The van der Waals surface area contributed by atoms with Gasteiger partial charge in [-0.2, -0.15) is 0 Å². The predicted octanol–water partition coefficient (Wildman–Crippen LogP) is 3.56. The van der Waals surface area contributed by atoms with Crippen LogP contribution in [0.5, 0.6) is 0 Å². The summed E-state index contributed by atoms with van der Waals surface area (Å²) < 4.78 is 5.60. The number of hydrogen-bond donors (Lipinski definition) is 2. The molecule has 2 N–H and O–H groups in total. The van der Waals surface area contributed by atoms with Crippen LogP contribution in [0.2, 0.25) is 0 Å². The highest BCUT2D eigenvalue weighted by Gasteiger charge is 2.12. The molecule has 0 radical (unpaired) electrons. The molecule has 4 rings (SSSR count). The van der Waals surface area contributed by atoms with Crippen molar-refractivity contribution in [1.82, 2.24) is 10.3 Å². The lowest BCUT2D eigenvalue weighted by molar-refractivity contribution is 0.0927. The van der Waals surface area contributed by atoms with Gasteiger partial charge in [0.25, 0.3) is 5.91 Å². The van der Waals surface area contributed by atoms with Crippen LogP contribution >= 0.6 is 0 Å². The first kappa shape index (κ1) is 16.1. The zero-order valence-corrected chi connectivity index (χ0v) is 14.3. The van der Waals surface area contributed by atoms with Crippen LogP contribution in [0.25, 0.3) is 21.9 Å². The number of aryl methyl sites for hydroxylation is 1. The lowest BCUT2D eigenvalue weighted by atomic mass is 10.1. The molecule has 0 aliphatic heterocycles. The molecule has 130 valence electrons. The molecule has 2 aromatic heterocycles. The summed E-state index contributed by atoms with van der Waals surface area (Å²) in [6.07, 6.45) is 2.64. The Bertz CT molecular complexity index is 1170. The minimum Gasteiger partial charge on any atom is -0.451 e. The van der Waals surface area contributed by atoms with E-state index >= 15 is 0 Å². The van der Waals surface area contributed by atoms with Gasteiger partial charge in [-0.3, -0.25) is 9.59 Å². The van der Waals surface area contributed by atoms with Crippen LogP contribution in [0.15, 0.2) is 63.9 Å². The zero-order valence-electron chi connectivity index (χ0n) is 14.3. The summed E-state index contributed by atoms with van der Waals surface area (Å²) in [7, 11) is 0. The molecule has 0 spiro atoms. The van der Waals surface area contributed by atoms with Crippen LogP contribution in [-0.4, -0.2) is 17.4 Å². The maximum absolute atomic E-state index is 12.3. The van der Waals surface area contributed by atoms with Crippen molar-refractivity contribution in [2.24, 2.45) is 0 Å². The van der Waals surface area contributed by atoms with Crippen LogP contribution in [-0.2, 0) is 6.42 Å². The van der Waals surface area contributed by atoms with E-state index in [1.54, 1.807) is 12.1 Å². The number of fused-ring (bicyclic) bond motifs is 2. The zero-order chi connectivity index (χ0) is 18.1. The van der Waals surface area contributed by atoms with Gasteiger partial charge in [-0.05, 0) is 37.1 Å². The Labute approximate surface area is 149 Å². The number of aromatic nitrogens is 1. The molecule has 0 saturated carbocycles. The third kappa shape index (κ3) is 2.99. The molecule has 0 saturated heterocycles. The number of hydrogen-bond acceptors (Lipinski definition) is 3. The summed E-state index contributed by atoms with van der Waals surface area (Å²) in [5, 5.41) is 4.45. The molecule has 0 aliphatic carbocycles. The lowest BCUT2D eigenvalue weighted by Crippen LogP contribution is -2.26. The molecule has 2 heterocycles. The van der Waals surface area contributed by atoms with Crippen LogP contribution in [0.3, 0.4) is 0 Å². The molecule has 4 aromatic rings. The Morgan fingerprint density at radius 1 is 1.12 bits per heavy atom. The number of nitrogens with one attached hydrogen (secondary N) is 2. The van der Waals surface area contributed by atoms with Crippen molar-refractivity contribution >= 4 is 27.8 Å². The molecular weight excluding hydrogens is 328 g/mol. The number of carbonyl (C=O) groups excluding carboxylic acids is 1. The second kappa shape index (κ2) is 6.52. The van der Waals surface area contributed by atoms with Gasteiger partial charge < -0.3 is 14.7 Å². The number of benzene rings is 2. The number of rotatable bonds is 4. The average molecular weight is 346 g/mol. The predicted molar refractivity (Wildman–Crippen MR) is 102 cm³/mol. The lowest BCUT2D eigenvalue weighted by Gasteiger charge is -2.06. The molecule has 0 atom stereocenters. The SMILES string of the molecule is Cc1ccc2oc(C(=O)NCCc3c[nH]c4ccccc34)cc(=O)c2c1. The minimum absolute atomic E-state index is 0.0327.